The van der Waals surface area contributed by atoms with Gasteiger partial charge in [-0.1, -0.05) is 30.3 Å². The van der Waals surface area contributed by atoms with E-state index in [-0.39, 0.29) is 24.4 Å². The molecule has 1 heterocycles. The van der Waals surface area contributed by atoms with Gasteiger partial charge >= 0.3 is 0 Å². The highest BCUT2D eigenvalue weighted by Crippen LogP contribution is 2.25. The monoisotopic (exact) mass is 390 g/mol. The molecule has 2 aromatic carbocycles. The van der Waals surface area contributed by atoms with Gasteiger partial charge in [-0.2, -0.15) is 0 Å². The van der Waals surface area contributed by atoms with Gasteiger partial charge in [0, 0.05) is 18.5 Å². The summed E-state index contributed by atoms with van der Waals surface area (Å²) in [5, 5.41) is 2.89. The molecule has 0 bridgehead atoms. The van der Waals surface area contributed by atoms with E-state index in [1.54, 1.807) is 0 Å². The molecule has 0 aromatic heterocycles. The highest BCUT2D eigenvalue weighted by Gasteiger charge is 2.17. The number of carbonyl (C=O) groups is 1. The Morgan fingerprint density at radius 3 is 2.59 bits per heavy atom. The number of aryl methyl sites for hydroxylation is 1. The third kappa shape index (κ3) is 6.24. The second kappa shape index (κ2) is 10.3. The van der Waals surface area contributed by atoms with Gasteiger partial charge in [0.05, 0.1) is 19.3 Å². The fourth-order valence-corrected chi connectivity index (χ4v) is 3.03. The predicted octanol–water partition coefficient (Wildman–Crippen LogP) is 3.48. The minimum Gasteiger partial charge on any atom is -0.490 e. The van der Waals surface area contributed by atoms with Crippen molar-refractivity contribution in [2.24, 2.45) is 5.73 Å². The molecule has 6 heteroatoms. The zero-order chi connectivity index (χ0) is 18.4. The zero-order valence-corrected chi connectivity index (χ0v) is 16.3. The summed E-state index contributed by atoms with van der Waals surface area (Å²) in [4.78, 5) is 12.3. The van der Waals surface area contributed by atoms with Crippen LogP contribution in [0.25, 0.3) is 0 Å². The van der Waals surface area contributed by atoms with E-state index in [1.165, 1.54) is 0 Å². The number of carbonyl (C=O) groups excluding carboxylic acids is 1. The van der Waals surface area contributed by atoms with Crippen LogP contribution in [0.2, 0.25) is 0 Å². The lowest BCUT2D eigenvalue weighted by molar-refractivity contribution is -0.117. The molecule has 3 N–H and O–H groups in total. The normalized spacial score (nSPS) is 15.5. The Morgan fingerprint density at radius 1 is 1.22 bits per heavy atom. The van der Waals surface area contributed by atoms with Gasteiger partial charge < -0.3 is 20.5 Å². The maximum absolute atomic E-state index is 12.3. The predicted molar refractivity (Wildman–Crippen MR) is 110 cm³/mol. The first-order chi connectivity index (χ1) is 12.6. The van der Waals surface area contributed by atoms with Crippen molar-refractivity contribution in [3.8, 4) is 5.75 Å². The molecule has 1 atom stereocenters. The van der Waals surface area contributed by atoms with E-state index < -0.39 is 6.04 Å². The van der Waals surface area contributed by atoms with Crippen LogP contribution in [0.3, 0.4) is 0 Å². The molecule has 2 aromatic rings. The third-order valence-corrected chi connectivity index (χ3v) is 4.54. The van der Waals surface area contributed by atoms with Gasteiger partial charge in [0.1, 0.15) is 11.9 Å². The van der Waals surface area contributed by atoms with E-state index in [4.69, 9.17) is 15.2 Å². The molecule has 5 nitrogen and oxygen atoms in total. The summed E-state index contributed by atoms with van der Waals surface area (Å²) in [6, 6.07) is 14.9. The molecule has 1 aliphatic heterocycles. The standard InChI is InChI=1S/C21H26N2O3.ClH/c1-15-13-17(7-8-20(15)26-18-9-11-25-12-10-18)23-21(24)19(22)14-16-5-3-2-4-6-16;/h2-8,13,18-19H,9-12,14,22H2,1H3,(H,23,24);1H/t19-;/m0./s1. The van der Waals surface area contributed by atoms with Gasteiger partial charge in [-0.3, -0.25) is 4.79 Å². The molecule has 0 spiro atoms. The molecule has 1 fully saturated rings. The van der Waals surface area contributed by atoms with E-state index >= 15 is 0 Å². The largest absolute Gasteiger partial charge is 0.490 e. The Bertz CT molecular complexity index is 733. The van der Waals surface area contributed by atoms with Crippen LogP contribution in [0.5, 0.6) is 5.75 Å². The quantitative estimate of drug-likeness (QED) is 0.791. The molecule has 1 aliphatic rings. The Morgan fingerprint density at radius 2 is 1.93 bits per heavy atom. The molecule has 1 saturated heterocycles. The van der Waals surface area contributed by atoms with Crippen molar-refractivity contribution in [3.63, 3.8) is 0 Å². The number of hydrogen-bond acceptors (Lipinski definition) is 4. The van der Waals surface area contributed by atoms with Crippen LogP contribution in [0.15, 0.2) is 48.5 Å². The second-order valence-electron chi connectivity index (χ2n) is 6.70. The molecule has 3 rings (SSSR count). The van der Waals surface area contributed by atoms with Gasteiger partial charge in [-0.15, -0.1) is 12.4 Å². The molecular weight excluding hydrogens is 364 g/mol. The molecule has 0 unspecified atom stereocenters. The van der Waals surface area contributed by atoms with Crippen LogP contribution in [-0.4, -0.2) is 31.3 Å². The summed E-state index contributed by atoms with van der Waals surface area (Å²) in [6.07, 6.45) is 2.52. The molecule has 27 heavy (non-hydrogen) atoms. The van der Waals surface area contributed by atoms with Crippen LogP contribution in [0, 0.1) is 6.92 Å². The summed E-state index contributed by atoms with van der Waals surface area (Å²) in [5.74, 6) is 0.662. The highest BCUT2D eigenvalue weighted by atomic mass is 35.5. The summed E-state index contributed by atoms with van der Waals surface area (Å²) < 4.78 is 11.4. The highest BCUT2D eigenvalue weighted by molar-refractivity contribution is 5.95. The Labute approximate surface area is 166 Å². The van der Waals surface area contributed by atoms with Crippen LogP contribution in [0.4, 0.5) is 5.69 Å². The number of benzene rings is 2. The molecule has 0 saturated carbocycles. The van der Waals surface area contributed by atoms with Gasteiger partial charge in [0.2, 0.25) is 5.91 Å². The second-order valence-corrected chi connectivity index (χ2v) is 6.70. The molecule has 146 valence electrons. The number of nitrogens with two attached hydrogens (primary N) is 1. The van der Waals surface area contributed by atoms with Crippen molar-refractivity contribution in [1.29, 1.82) is 0 Å². The zero-order valence-electron chi connectivity index (χ0n) is 15.5. The maximum atomic E-state index is 12.3. The van der Waals surface area contributed by atoms with Crippen LogP contribution >= 0.6 is 12.4 Å². The SMILES string of the molecule is Cc1cc(NC(=O)[C@@H](N)Cc2ccccc2)ccc1OC1CCOCC1.Cl. The Kier molecular flexibility index (Phi) is 8.10. The van der Waals surface area contributed by atoms with E-state index in [1.807, 2.05) is 55.5 Å². The number of nitrogens with one attached hydrogen (secondary N) is 1. The van der Waals surface area contributed by atoms with Gasteiger partial charge in [-0.25, -0.2) is 0 Å². The van der Waals surface area contributed by atoms with Crippen molar-refractivity contribution in [2.45, 2.75) is 38.3 Å². The number of amides is 1. The van der Waals surface area contributed by atoms with Crippen LogP contribution in [-0.2, 0) is 16.0 Å². The smallest absolute Gasteiger partial charge is 0.241 e. The van der Waals surface area contributed by atoms with Crippen molar-refractivity contribution in [3.05, 3.63) is 59.7 Å². The number of hydrogen-bond donors (Lipinski definition) is 2. The molecular formula is C21H27ClN2O3. The van der Waals surface area contributed by atoms with Crippen molar-refractivity contribution >= 4 is 24.0 Å². The Hall–Kier alpha value is -2.08. The van der Waals surface area contributed by atoms with Crippen molar-refractivity contribution in [1.82, 2.24) is 0 Å². The average molecular weight is 391 g/mol. The van der Waals surface area contributed by atoms with Gasteiger partial charge in [0.15, 0.2) is 0 Å². The summed E-state index contributed by atoms with van der Waals surface area (Å²) in [6.45, 7) is 3.47. The molecule has 1 amide bonds. The number of rotatable bonds is 6. The van der Waals surface area contributed by atoms with Crippen molar-refractivity contribution < 1.29 is 14.3 Å². The third-order valence-electron chi connectivity index (χ3n) is 4.54. The minimum absolute atomic E-state index is 0. The minimum atomic E-state index is -0.587. The number of anilines is 1. The number of ether oxygens (including phenoxy) is 2. The maximum Gasteiger partial charge on any atom is 0.241 e. The van der Waals surface area contributed by atoms with Crippen LogP contribution in [0.1, 0.15) is 24.0 Å². The first-order valence-electron chi connectivity index (χ1n) is 9.07. The topological polar surface area (TPSA) is 73.6 Å². The van der Waals surface area contributed by atoms with Gasteiger partial charge in [-0.05, 0) is 42.7 Å². The van der Waals surface area contributed by atoms with Crippen molar-refractivity contribution in [2.75, 3.05) is 18.5 Å². The van der Waals surface area contributed by atoms with E-state index in [0.717, 1.165) is 48.6 Å². The lowest BCUT2D eigenvalue weighted by Gasteiger charge is -2.24. The summed E-state index contributed by atoms with van der Waals surface area (Å²) in [5.41, 5.74) is 8.81. The Balaban J connectivity index is 0.00000261. The lowest BCUT2D eigenvalue weighted by Crippen LogP contribution is -2.37. The van der Waals surface area contributed by atoms with E-state index in [2.05, 4.69) is 5.32 Å². The molecule has 0 aliphatic carbocycles. The van der Waals surface area contributed by atoms with Crippen LogP contribution < -0.4 is 15.8 Å². The lowest BCUT2D eigenvalue weighted by atomic mass is 10.1. The summed E-state index contributed by atoms with van der Waals surface area (Å²) >= 11 is 0. The fourth-order valence-electron chi connectivity index (χ4n) is 3.03. The first-order valence-corrected chi connectivity index (χ1v) is 9.07. The average Bonchev–Trinajstić information content (AvgIpc) is 2.65. The molecule has 0 radical (unpaired) electrons. The first kappa shape index (κ1) is 21.2. The number of halogens is 1. The van der Waals surface area contributed by atoms with E-state index in [0.29, 0.717) is 6.42 Å². The fraction of sp³-hybridized carbons (Fsp3) is 0.381. The van der Waals surface area contributed by atoms with E-state index in [9.17, 15) is 4.79 Å². The summed E-state index contributed by atoms with van der Waals surface area (Å²) in [7, 11) is 0. The van der Waals surface area contributed by atoms with Gasteiger partial charge in [0.25, 0.3) is 0 Å².